The Morgan fingerprint density at radius 2 is 1.56 bits per heavy atom. The van der Waals surface area contributed by atoms with E-state index in [2.05, 4.69) is 0 Å². The Kier molecular flexibility index (Phi) is 3.70. The molecule has 0 saturated carbocycles. The summed E-state index contributed by atoms with van der Waals surface area (Å²) in [7, 11) is 0. The SMILES string of the molecule is O=C(c1cccc(I)c1)c1cc(F)c(F)c(F)c1. The molecule has 2 aromatic rings. The first-order valence-electron chi connectivity index (χ1n) is 4.94. The number of benzene rings is 2. The maximum atomic E-state index is 13.0. The molecule has 0 N–H and O–H groups in total. The van der Waals surface area contributed by atoms with Gasteiger partial charge in [-0.3, -0.25) is 4.79 Å². The Labute approximate surface area is 115 Å². The van der Waals surface area contributed by atoms with Gasteiger partial charge in [0.15, 0.2) is 23.2 Å². The molecule has 0 aliphatic rings. The summed E-state index contributed by atoms with van der Waals surface area (Å²) in [6, 6.07) is 7.95. The molecule has 18 heavy (non-hydrogen) atoms. The fraction of sp³-hybridized carbons (Fsp3) is 0. The van der Waals surface area contributed by atoms with Gasteiger partial charge in [0.25, 0.3) is 0 Å². The van der Waals surface area contributed by atoms with Gasteiger partial charge in [-0.05, 0) is 46.9 Å². The molecule has 0 saturated heterocycles. The quantitative estimate of drug-likeness (QED) is 0.450. The van der Waals surface area contributed by atoms with E-state index in [-0.39, 0.29) is 5.56 Å². The number of carbonyl (C=O) groups excluding carboxylic acids is 1. The smallest absolute Gasteiger partial charge is 0.194 e. The Morgan fingerprint density at radius 3 is 2.11 bits per heavy atom. The Hall–Kier alpha value is -1.37. The number of ketones is 1. The monoisotopic (exact) mass is 362 g/mol. The number of rotatable bonds is 2. The van der Waals surface area contributed by atoms with Crippen molar-refractivity contribution in [2.24, 2.45) is 0 Å². The van der Waals surface area contributed by atoms with E-state index in [1.54, 1.807) is 18.2 Å². The number of halogens is 4. The van der Waals surface area contributed by atoms with Crippen LogP contribution in [0.3, 0.4) is 0 Å². The zero-order valence-corrected chi connectivity index (χ0v) is 11.0. The minimum Gasteiger partial charge on any atom is -0.289 e. The molecule has 0 unspecified atom stereocenters. The first-order valence-corrected chi connectivity index (χ1v) is 6.01. The largest absolute Gasteiger partial charge is 0.289 e. The molecule has 0 amide bonds. The van der Waals surface area contributed by atoms with E-state index < -0.39 is 23.2 Å². The summed E-state index contributed by atoms with van der Waals surface area (Å²) in [5.74, 6) is -4.87. The van der Waals surface area contributed by atoms with Crippen LogP contribution < -0.4 is 0 Å². The third-order valence-electron chi connectivity index (χ3n) is 2.33. The van der Waals surface area contributed by atoms with Crippen LogP contribution in [0.1, 0.15) is 15.9 Å². The van der Waals surface area contributed by atoms with Crippen LogP contribution in [0.15, 0.2) is 36.4 Å². The van der Waals surface area contributed by atoms with Crippen molar-refractivity contribution in [3.05, 3.63) is 68.5 Å². The molecule has 1 nitrogen and oxygen atoms in total. The van der Waals surface area contributed by atoms with E-state index in [1.807, 2.05) is 22.6 Å². The van der Waals surface area contributed by atoms with Gasteiger partial charge >= 0.3 is 0 Å². The van der Waals surface area contributed by atoms with Crippen molar-refractivity contribution < 1.29 is 18.0 Å². The average molecular weight is 362 g/mol. The highest BCUT2D eigenvalue weighted by molar-refractivity contribution is 14.1. The van der Waals surface area contributed by atoms with E-state index in [4.69, 9.17) is 0 Å². The van der Waals surface area contributed by atoms with E-state index in [0.29, 0.717) is 17.7 Å². The van der Waals surface area contributed by atoms with Gasteiger partial charge in [-0.1, -0.05) is 12.1 Å². The van der Waals surface area contributed by atoms with E-state index >= 15 is 0 Å². The molecule has 0 heterocycles. The molecule has 0 aliphatic heterocycles. The summed E-state index contributed by atoms with van der Waals surface area (Å²) >= 11 is 2.02. The lowest BCUT2D eigenvalue weighted by Gasteiger charge is -2.03. The molecule has 0 fully saturated rings. The van der Waals surface area contributed by atoms with Crippen molar-refractivity contribution in [2.45, 2.75) is 0 Å². The first kappa shape index (κ1) is 13.1. The van der Waals surface area contributed by atoms with Crippen LogP contribution in [0.25, 0.3) is 0 Å². The van der Waals surface area contributed by atoms with Gasteiger partial charge in [-0.2, -0.15) is 0 Å². The summed E-state index contributed by atoms with van der Waals surface area (Å²) in [4.78, 5) is 12.0. The minimum absolute atomic E-state index is 0.214. The van der Waals surface area contributed by atoms with Crippen molar-refractivity contribution in [3.8, 4) is 0 Å². The molecule has 0 spiro atoms. The van der Waals surface area contributed by atoms with Crippen LogP contribution in [0.5, 0.6) is 0 Å². The Balaban J connectivity index is 2.47. The van der Waals surface area contributed by atoms with Gasteiger partial charge in [0.1, 0.15) is 0 Å². The molecule has 0 radical (unpaired) electrons. The van der Waals surface area contributed by atoms with E-state index in [0.717, 1.165) is 3.57 Å². The molecule has 0 atom stereocenters. The normalized spacial score (nSPS) is 10.4. The van der Waals surface area contributed by atoms with Crippen LogP contribution in [0.2, 0.25) is 0 Å². The number of carbonyl (C=O) groups is 1. The van der Waals surface area contributed by atoms with E-state index in [1.165, 1.54) is 6.07 Å². The van der Waals surface area contributed by atoms with Crippen molar-refractivity contribution in [1.29, 1.82) is 0 Å². The second-order valence-electron chi connectivity index (χ2n) is 3.59. The average Bonchev–Trinajstić information content (AvgIpc) is 2.34. The molecular weight excluding hydrogens is 356 g/mol. The first-order chi connectivity index (χ1) is 8.49. The van der Waals surface area contributed by atoms with Gasteiger partial charge in [0.2, 0.25) is 0 Å². The van der Waals surface area contributed by atoms with Gasteiger partial charge in [0, 0.05) is 14.7 Å². The molecule has 92 valence electrons. The van der Waals surface area contributed by atoms with Crippen LogP contribution in [-0.2, 0) is 0 Å². The molecule has 0 aromatic heterocycles. The van der Waals surface area contributed by atoms with Crippen molar-refractivity contribution in [2.75, 3.05) is 0 Å². The maximum Gasteiger partial charge on any atom is 0.194 e. The highest BCUT2D eigenvalue weighted by atomic mass is 127. The standard InChI is InChI=1S/C13H6F3IO/c14-10-5-8(6-11(15)12(10)16)13(18)7-2-1-3-9(17)4-7/h1-6H. The second-order valence-corrected chi connectivity index (χ2v) is 4.84. The molecular formula is C13H6F3IO. The van der Waals surface area contributed by atoms with Crippen molar-refractivity contribution >= 4 is 28.4 Å². The van der Waals surface area contributed by atoms with Crippen molar-refractivity contribution in [3.63, 3.8) is 0 Å². The lowest BCUT2D eigenvalue weighted by Crippen LogP contribution is -2.04. The zero-order chi connectivity index (χ0) is 13.3. The van der Waals surface area contributed by atoms with Gasteiger partial charge in [-0.15, -0.1) is 0 Å². The van der Waals surface area contributed by atoms with Crippen LogP contribution in [0.4, 0.5) is 13.2 Å². The summed E-state index contributed by atoms with van der Waals surface area (Å²) in [5, 5.41) is 0. The fourth-order valence-electron chi connectivity index (χ4n) is 1.48. The summed E-state index contributed by atoms with van der Waals surface area (Å²) in [6.07, 6.45) is 0. The number of hydrogen-bond acceptors (Lipinski definition) is 1. The third-order valence-corrected chi connectivity index (χ3v) is 3.00. The van der Waals surface area contributed by atoms with Gasteiger partial charge in [-0.25, -0.2) is 13.2 Å². The highest BCUT2D eigenvalue weighted by Crippen LogP contribution is 2.18. The molecule has 2 rings (SSSR count). The topological polar surface area (TPSA) is 17.1 Å². The molecule has 2 aromatic carbocycles. The Bertz CT molecular complexity index is 602. The molecule has 0 bridgehead atoms. The molecule has 5 heteroatoms. The second kappa shape index (κ2) is 5.09. The fourth-order valence-corrected chi connectivity index (χ4v) is 2.03. The number of hydrogen-bond donors (Lipinski definition) is 0. The van der Waals surface area contributed by atoms with Crippen LogP contribution >= 0.6 is 22.6 Å². The van der Waals surface area contributed by atoms with Gasteiger partial charge in [0.05, 0.1) is 0 Å². The highest BCUT2D eigenvalue weighted by Gasteiger charge is 2.16. The van der Waals surface area contributed by atoms with Crippen LogP contribution in [0, 0.1) is 21.0 Å². The van der Waals surface area contributed by atoms with Crippen molar-refractivity contribution in [1.82, 2.24) is 0 Å². The summed E-state index contributed by atoms with van der Waals surface area (Å²) < 4.78 is 39.7. The molecule has 0 aliphatic carbocycles. The maximum absolute atomic E-state index is 13.0. The summed E-state index contributed by atoms with van der Waals surface area (Å²) in [6.45, 7) is 0. The van der Waals surface area contributed by atoms with Crippen LogP contribution in [-0.4, -0.2) is 5.78 Å². The third kappa shape index (κ3) is 2.55. The van der Waals surface area contributed by atoms with E-state index in [9.17, 15) is 18.0 Å². The predicted octanol–water partition coefficient (Wildman–Crippen LogP) is 3.94. The lowest BCUT2D eigenvalue weighted by molar-refractivity contribution is 0.103. The van der Waals surface area contributed by atoms with Gasteiger partial charge < -0.3 is 0 Å². The zero-order valence-electron chi connectivity index (χ0n) is 8.88. The minimum atomic E-state index is -1.57. The predicted molar refractivity (Wildman–Crippen MR) is 68.9 cm³/mol. The Morgan fingerprint density at radius 1 is 0.944 bits per heavy atom. The summed E-state index contributed by atoms with van der Waals surface area (Å²) in [5.41, 5.74) is 0.0840. The lowest BCUT2D eigenvalue weighted by atomic mass is 10.0.